The average Bonchev–Trinajstić information content (AvgIpc) is 2.78. The standard InChI is InChI=1S/C24H21Cl6O4P/c1-10-7-16(25)19(28)13(4)22(10)32-35(31,33-23-11(2)8-17(26)20(29)14(23)5)34-24-12(3)9-18(27)21(30)15(24)6/h7-9H,1-6H3. The van der Waals surface area contributed by atoms with Crippen molar-refractivity contribution in [2.45, 2.75) is 41.5 Å². The molecule has 11 heteroatoms. The van der Waals surface area contributed by atoms with Crippen LogP contribution >= 0.6 is 77.4 Å². The lowest BCUT2D eigenvalue weighted by molar-refractivity contribution is 0.294. The van der Waals surface area contributed by atoms with E-state index in [9.17, 15) is 4.57 Å². The minimum atomic E-state index is -4.46. The fraction of sp³-hybridized carbons (Fsp3) is 0.250. The number of phosphoric ester groups is 1. The van der Waals surface area contributed by atoms with Crippen LogP contribution in [0.1, 0.15) is 33.4 Å². The lowest BCUT2D eigenvalue weighted by atomic mass is 10.1. The Balaban J connectivity index is 2.21. The molecule has 0 amide bonds. The highest BCUT2D eigenvalue weighted by atomic mass is 35.5. The van der Waals surface area contributed by atoms with Crippen molar-refractivity contribution < 1.29 is 18.1 Å². The number of hydrogen-bond acceptors (Lipinski definition) is 4. The van der Waals surface area contributed by atoms with Gasteiger partial charge in [-0.2, -0.15) is 4.57 Å². The van der Waals surface area contributed by atoms with Crippen LogP contribution in [-0.4, -0.2) is 0 Å². The quantitative estimate of drug-likeness (QED) is 0.258. The molecule has 3 aromatic rings. The van der Waals surface area contributed by atoms with E-state index in [1.807, 2.05) is 0 Å². The molecule has 0 spiro atoms. The molecule has 0 aliphatic carbocycles. The van der Waals surface area contributed by atoms with Crippen LogP contribution in [0.3, 0.4) is 0 Å². The van der Waals surface area contributed by atoms with Crippen molar-refractivity contribution in [2.75, 3.05) is 0 Å². The first-order valence-electron chi connectivity index (χ1n) is 10.2. The molecule has 3 rings (SSSR count). The third kappa shape index (κ3) is 5.80. The lowest BCUT2D eigenvalue weighted by Gasteiger charge is -2.25. The Kier molecular flexibility index (Phi) is 8.82. The predicted molar refractivity (Wildman–Crippen MR) is 147 cm³/mol. The number of halogens is 6. The van der Waals surface area contributed by atoms with Gasteiger partial charge in [-0.05, 0) is 76.4 Å². The highest BCUT2D eigenvalue weighted by Crippen LogP contribution is 2.55. The van der Waals surface area contributed by atoms with Crippen molar-refractivity contribution in [1.29, 1.82) is 0 Å². The third-order valence-electron chi connectivity index (χ3n) is 5.35. The van der Waals surface area contributed by atoms with Crippen LogP contribution < -0.4 is 13.6 Å². The molecule has 3 aromatic carbocycles. The molecular weight excluding hydrogens is 596 g/mol. The van der Waals surface area contributed by atoms with Gasteiger partial charge in [0, 0.05) is 16.7 Å². The average molecular weight is 617 g/mol. The van der Waals surface area contributed by atoms with Gasteiger partial charge in [0.25, 0.3) is 0 Å². The Hall–Kier alpha value is -0.970. The zero-order chi connectivity index (χ0) is 26.4. The van der Waals surface area contributed by atoms with E-state index < -0.39 is 7.82 Å². The minimum Gasteiger partial charge on any atom is -0.385 e. The summed E-state index contributed by atoms with van der Waals surface area (Å²) in [6, 6.07) is 4.80. The molecular formula is C24H21Cl6O4P. The maximum absolute atomic E-state index is 14.3. The Morgan fingerprint density at radius 1 is 0.514 bits per heavy atom. The molecule has 35 heavy (non-hydrogen) atoms. The van der Waals surface area contributed by atoms with Gasteiger partial charge in [-0.3, -0.25) is 0 Å². The highest BCUT2D eigenvalue weighted by Gasteiger charge is 2.37. The fourth-order valence-electron chi connectivity index (χ4n) is 3.49. The van der Waals surface area contributed by atoms with Crippen LogP contribution in [0.5, 0.6) is 17.2 Å². The van der Waals surface area contributed by atoms with Gasteiger partial charge in [0.05, 0.1) is 30.1 Å². The van der Waals surface area contributed by atoms with E-state index in [1.165, 1.54) is 0 Å². The molecule has 0 aromatic heterocycles. The van der Waals surface area contributed by atoms with E-state index in [4.69, 9.17) is 83.2 Å². The van der Waals surface area contributed by atoms with Crippen molar-refractivity contribution in [3.63, 3.8) is 0 Å². The lowest BCUT2D eigenvalue weighted by Crippen LogP contribution is -2.12. The molecule has 0 saturated carbocycles. The normalized spacial score (nSPS) is 11.5. The molecule has 4 nitrogen and oxygen atoms in total. The Labute approximate surface area is 234 Å². The smallest absolute Gasteiger partial charge is 0.385 e. The molecule has 0 bridgehead atoms. The van der Waals surface area contributed by atoms with Gasteiger partial charge in [0.15, 0.2) is 0 Å². The Bertz CT molecular complexity index is 1220. The summed E-state index contributed by atoms with van der Waals surface area (Å²) in [5.41, 5.74) is 3.14. The zero-order valence-electron chi connectivity index (χ0n) is 19.6. The highest BCUT2D eigenvalue weighted by molar-refractivity contribution is 7.49. The number of benzene rings is 3. The fourth-order valence-corrected chi connectivity index (χ4v) is 6.46. The molecule has 0 unspecified atom stereocenters. The summed E-state index contributed by atoms with van der Waals surface area (Å²) in [6.07, 6.45) is 0. The summed E-state index contributed by atoms with van der Waals surface area (Å²) in [6.45, 7) is 10.3. The van der Waals surface area contributed by atoms with Gasteiger partial charge in [0.2, 0.25) is 0 Å². The van der Waals surface area contributed by atoms with Gasteiger partial charge in [-0.25, -0.2) is 0 Å². The number of rotatable bonds is 6. The van der Waals surface area contributed by atoms with E-state index in [0.29, 0.717) is 48.4 Å². The molecule has 0 heterocycles. The van der Waals surface area contributed by atoms with Crippen LogP contribution in [-0.2, 0) is 4.57 Å². The van der Waals surface area contributed by atoms with E-state index in [2.05, 4.69) is 0 Å². The Morgan fingerprint density at radius 3 is 0.971 bits per heavy atom. The Morgan fingerprint density at radius 2 is 0.743 bits per heavy atom. The maximum atomic E-state index is 14.3. The number of phosphoric acid groups is 1. The second-order valence-electron chi connectivity index (χ2n) is 8.05. The number of aryl methyl sites for hydroxylation is 3. The van der Waals surface area contributed by atoms with Gasteiger partial charge >= 0.3 is 7.82 Å². The molecule has 0 radical (unpaired) electrons. The van der Waals surface area contributed by atoms with E-state index >= 15 is 0 Å². The second kappa shape index (κ2) is 10.8. The van der Waals surface area contributed by atoms with Gasteiger partial charge in [0.1, 0.15) is 17.2 Å². The second-order valence-corrected chi connectivity index (χ2v) is 11.8. The molecule has 0 aliphatic heterocycles. The van der Waals surface area contributed by atoms with Crippen LogP contribution in [0.25, 0.3) is 0 Å². The molecule has 0 saturated heterocycles. The first kappa shape index (κ1) is 28.6. The largest absolute Gasteiger partial charge is 0.647 e. The van der Waals surface area contributed by atoms with E-state index in [0.717, 1.165) is 0 Å². The molecule has 0 N–H and O–H groups in total. The number of hydrogen-bond donors (Lipinski definition) is 0. The first-order valence-corrected chi connectivity index (χ1v) is 13.9. The van der Waals surface area contributed by atoms with Gasteiger partial charge in [-0.1, -0.05) is 69.6 Å². The summed E-state index contributed by atoms with van der Waals surface area (Å²) in [4.78, 5) is 0. The molecule has 0 atom stereocenters. The van der Waals surface area contributed by atoms with Crippen LogP contribution in [0.15, 0.2) is 18.2 Å². The van der Waals surface area contributed by atoms with Crippen molar-refractivity contribution in [2.24, 2.45) is 0 Å². The molecule has 0 fully saturated rings. The summed E-state index contributed by atoms with van der Waals surface area (Å²) >= 11 is 37.6. The van der Waals surface area contributed by atoms with Crippen molar-refractivity contribution in [3.05, 3.63) is 81.7 Å². The summed E-state index contributed by atoms with van der Waals surface area (Å²) in [7, 11) is -4.46. The zero-order valence-corrected chi connectivity index (χ0v) is 25.0. The van der Waals surface area contributed by atoms with Crippen LogP contribution in [0, 0.1) is 41.5 Å². The van der Waals surface area contributed by atoms with Crippen molar-refractivity contribution in [3.8, 4) is 17.2 Å². The van der Waals surface area contributed by atoms with Gasteiger partial charge in [-0.15, -0.1) is 0 Å². The molecule has 0 aliphatic rings. The van der Waals surface area contributed by atoms with E-state index in [-0.39, 0.29) is 32.3 Å². The summed E-state index contributed by atoms with van der Waals surface area (Å²) < 4.78 is 32.3. The maximum Gasteiger partial charge on any atom is 0.647 e. The van der Waals surface area contributed by atoms with E-state index in [1.54, 1.807) is 59.7 Å². The summed E-state index contributed by atoms with van der Waals surface area (Å²) in [5.74, 6) is 0.607. The predicted octanol–water partition coefficient (Wildman–Crippen LogP) is 11.1. The third-order valence-corrected chi connectivity index (χ3v) is 9.22. The topological polar surface area (TPSA) is 44.8 Å². The first-order chi connectivity index (χ1) is 16.2. The van der Waals surface area contributed by atoms with Gasteiger partial charge < -0.3 is 13.6 Å². The van der Waals surface area contributed by atoms with Crippen molar-refractivity contribution in [1.82, 2.24) is 0 Å². The minimum absolute atomic E-state index is 0.202. The van der Waals surface area contributed by atoms with Crippen molar-refractivity contribution >= 4 is 77.4 Å². The van der Waals surface area contributed by atoms with Crippen LogP contribution in [0.2, 0.25) is 30.1 Å². The summed E-state index contributed by atoms with van der Waals surface area (Å²) in [5, 5.41) is 1.75. The SMILES string of the molecule is Cc1cc(Cl)c(Cl)c(C)c1OP(=O)(Oc1c(C)cc(Cl)c(Cl)c1C)Oc1c(C)cc(Cl)c(Cl)c1C. The molecule has 188 valence electrons. The monoisotopic (exact) mass is 614 g/mol. The van der Waals surface area contributed by atoms with Crippen LogP contribution in [0.4, 0.5) is 0 Å².